The fourth-order valence-corrected chi connectivity index (χ4v) is 8.15. The summed E-state index contributed by atoms with van der Waals surface area (Å²) in [6.07, 6.45) is 0.288. The van der Waals surface area contributed by atoms with Gasteiger partial charge in [-0.05, 0) is 59.4 Å². The number of allylic oxidation sites excluding steroid dienone is 2. The number of carbonyl (C=O) groups excluding carboxylic acids is 3. The molecule has 4 N–H and O–H groups in total. The Hall–Kier alpha value is -3.71. The molecule has 0 fully saturated rings. The van der Waals surface area contributed by atoms with Crippen molar-refractivity contribution in [2.45, 2.75) is 79.2 Å². The molecule has 0 saturated carbocycles. The van der Waals surface area contributed by atoms with Crippen LogP contribution in [0.4, 0.5) is 0 Å². The van der Waals surface area contributed by atoms with Gasteiger partial charge in [0.15, 0.2) is 17.2 Å². The van der Waals surface area contributed by atoms with Gasteiger partial charge in [0.1, 0.15) is 22.8 Å². The average Bonchev–Trinajstić information content (AvgIpc) is 2.85. The third-order valence-corrected chi connectivity index (χ3v) is 9.95. The predicted octanol–water partition coefficient (Wildman–Crippen LogP) is 6.31. The second kappa shape index (κ2) is 9.14. The van der Waals surface area contributed by atoms with E-state index in [1.807, 2.05) is 45.0 Å². The first-order chi connectivity index (χ1) is 19.3. The van der Waals surface area contributed by atoms with E-state index in [0.717, 1.165) is 23.6 Å². The monoisotopic (exact) mass is 572 g/mol. The van der Waals surface area contributed by atoms with Crippen LogP contribution in [0.15, 0.2) is 59.1 Å². The normalized spacial score (nSPS) is 29.4. The van der Waals surface area contributed by atoms with Crippen molar-refractivity contribution in [3.63, 3.8) is 0 Å². The fraction of sp³-hybridized carbons (Fsp3) is 0.457. The van der Waals surface area contributed by atoms with Crippen molar-refractivity contribution in [3.8, 4) is 16.9 Å². The molecule has 0 aliphatic heterocycles. The molecule has 0 saturated heterocycles. The molecule has 7 heteroatoms. The van der Waals surface area contributed by atoms with E-state index in [-0.39, 0.29) is 41.1 Å². The molecule has 0 spiro atoms. The van der Waals surface area contributed by atoms with Crippen LogP contribution in [0.5, 0.6) is 5.75 Å². The highest BCUT2D eigenvalue weighted by molar-refractivity contribution is 6.25. The molecular weight excluding hydrogens is 532 g/mol. The molecule has 5 rings (SSSR count). The van der Waals surface area contributed by atoms with Crippen LogP contribution in [0, 0.1) is 22.7 Å². The molecule has 3 aliphatic carbocycles. The maximum absolute atomic E-state index is 14.3. The number of aliphatic hydroxyl groups excluding tert-OH is 2. The highest BCUT2D eigenvalue weighted by Gasteiger charge is 2.71. The Morgan fingerprint density at radius 1 is 0.976 bits per heavy atom. The fourth-order valence-electron chi connectivity index (χ4n) is 8.15. The molecule has 0 heterocycles. The van der Waals surface area contributed by atoms with Crippen LogP contribution in [-0.4, -0.2) is 43.4 Å². The maximum Gasteiger partial charge on any atom is 0.209 e. The van der Waals surface area contributed by atoms with Crippen LogP contribution >= 0.6 is 0 Å². The van der Waals surface area contributed by atoms with Gasteiger partial charge in [-0.3, -0.25) is 14.4 Å². The summed E-state index contributed by atoms with van der Waals surface area (Å²) in [4.78, 5) is 40.6. The Bertz CT molecular complexity index is 1620. The number of ketones is 3. The molecule has 4 atom stereocenters. The summed E-state index contributed by atoms with van der Waals surface area (Å²) in [6.45, 7) is 14.6. The number of aliphatic hydroxyl groups is 3. The average molecular weight is 573 g/mol. The summed E-state index contributed by atoms with van der Waals surface area (Å²) in [5, 5.41) is 46.2. The number of hydrogen-bond donors (Lipinski definition) is 4. The lowest BCUT2D eigenvalue weighted by Crippen LogP contribution is -2.67. The van der Waals surface area contributed by atoms with Gasteiger partial charge in [0.05, 0.1) is 5.56 Å². The third kappa shape index (κ3) is 3.78. The van der Waals surface area contributed by atoms with E-state index in [1.54, 1.807) is 13.0 Å². The first-order valence-electron chi connectivity index (χ1n) is 14.5. The van der Waals surface area contributed by atoms with E-state index in [1.165, 1.54) is 6.07 Å². The van der Waals surface area contributed by atoms with Crippen molar-refractivity contribution >= 4 is 17.3 Å². The summed E-state index contributed by atoms with van der Waals surface area (Å²) in [6, 6.07) is 11.3. The summed E-state index contributed by atoms with van der Waals surface area (Å²) in [5.74, 6) is -5.16. The highest BCUT2D eigenvalue weighted by Crippen LogP contribution is 2.65. The molecule has 222 valence electrons. The van der Waals surface area contributed by atoms with Gasteiger partial charge in [0, 0.05) is 22.3 Å². The van der Waals surface area contributed by atoms with Crippen molar-refractivity contribution in [2.75, 3.05) is 0 Å². The van der Waals surface area contributed by atoms with Gasteiger partial charge >= 0.3 is 0 Å². The third-order valence-electron chi connectivity index (χ3n) is 9.95. The van der Waals surface area contributed by atoms with Gasteiger partial charge in [-0.15, -0.1) is 0 Å². The number of aromatic hydroxyl groups is 1. The topological polar surface area (TPSA) is 132 Å². The zero-order valence-electron chi connectivity index (χ0n) is 25.5. The number of benzene rings is 2. The number of rotatable bonds is 3. The molecule has 0 bridgehead atoms. The molecule has 7 nitrogen and oxygen atoms in total. The van der Waals surface area contributed by atoms with Crippen molar-refractivity contribution in [1.82, 2.24) is 0 Å². The minimum atomic E-state index is -2.62. The summed E-state index contributed by atoms with van der Waals surface area (Å²) >= 11 is 0. The van der Waals surface area contributed by atoms with Crippen LogP contribution in [0.3, 0.4) is 0 Å². The summed E-state index contributed by atoms with van der Waals surface area (Å²) in [5.41, 5.74) is -2.47. The molecule has 42 heavy (non-hydrogen) atoms. The predicted molar refractivity (Wildman–Crippen MR) is 159 cm³/mol. The Labute approximate surface area is 246 Å². The SMILES string of the molecule is CC(=O)C1=C(O)C(C(C)C)[C@@]2(C)C[C@@]3(C)Cc4c(-c5ccc(C(C)(C)C)cc5)ccc(O)c4C(=O)C3=C(O)[C@@]2(O)C1=O. The maximum atomic E-state index is 14.3. The van der Waals surface area contributed by atoms with Gasteiger partial charge in [0.25, 0.3) is 0 Å². The van der Waals surface area contributed by atoms with E-state index in [9.17, 15) is 34.8 Å². The quantitative estimate of drug-likeness (QED) is 0.317. The molecule has 2 aromatic carbocycles. The number of hydrogen-bond acceptors (Lipinski definition) is 7. The number of phenolic OH excluding ortho intramolecular Hbond substituents is 1. The Morgan fingerprint density at radius 2 is 1.57 bits per heavy atom. The zero-order chi connectivity index (χ0) is 31.3. The molecule has 3 aliphatic rings. The van der Waals surface area contributed by atoms with Crippen LogP contribution in [0.25, 0.3) is 11.1 Å². The molecular formula is C35H40O7. The van der Waals surface area contributed by atoms with Crippen LogP contribution in [-0.2, 0) is 21.4 Å². The van der Waals surface area contributed by atoms with Gasteiger partial charge in [0.2, 0.25) is 5.78 Å². The van der Waals surface area contributed by atoms with Crippen molar-refractivity contribution in [3.05, 3.63) is 75.8 Å². The van der Waals surface area contributed by atoms with Crippen LogP contribution < -0.4 is 0 Å². The van der Waals surface area contributed by atoms with E-state index in [4.69, 9.17) is 0 Å². The first-order valence-corrected chi connectivity index (χ1v) is 14.5. The minimum absolute atomic E-state index is 0.0208. The molecule has 0 amide bonds. The molecule has 0 radical (unpaired) electrons. The first kappa shape index (κ1) is 29.8. The Morgan fingerprint density at radius 3 is 2.10 bits per heavy atom. The molecule has 2 aromatic rings. The van der Waals surface area contributed by atoms with Crippen molar-refractivity contribution in [2.24, 2.45) is 22.7 Å². The standard InChI is InChI=1S/C35H40O7/c1-17(2)26-28(38)24(18(3)36)30(40)35(42)31(41)27-29(39)25-22(15-33(27,7)16-34(26,35)8)21(13-14-23(25)37)19-9-11-20(12-10-19)32(4,5)6/h9-14,17,26,37-38,41-42H,15-16H2,1-8H3/t26?,33-,34-,35+/m1/s1. The second-order valence-electron chi connectivity index (χ2n) is 14.3. The number of Topliss-reactive ketones (excluding diaryl/α,β-unsaturated/α-hetero) is 3. The van der Waals surface area contributed by atoms with Crippen LogP contribution in [0.2, 0.25) is 0 Å². The van der Waals surface area contributed by atoms with E-state index in [0.29, 0.717) is 5.56 Å². The lowest BCUT2D eigenvalue weighted by molar-refractivity contribution is -0.171. The van der Waals surface area contributed by atoms with Crippen LogP contribution in [0.1, 0.15) is 83.3 Å². The van der Waals surface area contributed by atoms with E-state index < -0.39 is 56.8 Å². The lowest BCUT2D eigenvalue weighted by atomic mass is 9.44. The zero-order valence-corrected chi connectivity index (χ0v) is 25.5. The van der Waals surface area contributed by atoms with Gasteiger partial charge in [-0.1, -0.05) is 78.8 Å². The van der Waals surface area contributed by atoms with Gasteiger partial charge in [-0.25, -0.2) is 0 Å². The lowest BCUT2D eigenvalue weighted by Gasteiger charge is -2.59. The smallest absolute Gasteiger partial charge is 0.209 e. The van der Waals surface area contributed by atoms with Crippen molar-refractivity contribution < 1.29 is 34.8 Å². The molecule has 0 aromatic heterocycles. The van der Waals surface area contributed by atoms with Crippen molar-refractivity contribution in [1.29, 1.82) is 0 Å². The van der Waals surface area contributed by atoms with Gasteiger partial charge < -0.3 is 20.4 Å². The van der Waals surface area contributed by atoms with E-state index in [2.05, 4.69) is 20.8 Å². The highest BCUT2D eigenvalue weighted by atomic mass is 16.3. The summed E-state index contributed by atoms with van der Waals surface area (Å²) < 4.78 is 0. The number of phenols is 1. The summed E-state index contributed by atoms with van der Waals surface area (Å²) in [7, 11) is 0. The Balaban J connectivity index is 1.76. The minimum Gasteiger partial charge on any atom is -0.511 e. The van der Waals surface area contributed by atoms with E-state index >= 15 is 0 Å². The number of fused-ring (bicyclic) bond motifs is 3. The molecule has 1 unspecified atom stereocenters. The van der Waals surface area contributed by atoms with Gasteiger partial charge in [-0.2, -0.15) is 0 Å². The largest absolute Gasteiger partial charge is 0.511 e. The number of carbonyl (C=O) groups is 3. The Kier molecular flexibility index (Phi) is 6.48. The second-order valence-corrected chi connectivity index (χ2v) is 14.3.